The summed E-state index contributed by atoms with van der Waals surface area (Å²) in [5.74, 6) is -0.320. The van der Waals surface area contributed by atoms with E-state index in [1.165, 1.54) is 0 Å². The number of hydrogen-bond acceptors (Lipinski definition) is 4. The third kappa shape index (κ3) is 2.96. The lowest BCUT2D eigenvalue weighted by Crippen LogP contribution is -2.28. The largest absolute Gasteiger partial charge is 0.487 e. The van der Waals surface area contributed by atoms with Crippen molar-refractivity contribution in [1.82, 2.24) is 9.78 Å². The van der Waals surface area contributed by atoms with Crippen molar-refractivity contribution < 1.29 is 19.4 Å². The Balaban J connectivity index is 1.92. The molecule has 0 saturated carbocycles. The fourth-order valence-corrected chi connectivity index (χ4v) is 2.59. The summed E-state index contributed by atoms with van der Waals surface area (Å²) in [6, 6.07) is 9.14. The van der Waals surface area contributed by atoms with Crippen LogP contribution in [0.4, 0.5) is 0 Å². The van der Waals surface area contributed by atoms with Gasteiger partial charge in [0, 0.05) is 19.2 Å². The molecular formula is C16H18N2O4. The van der Waals surface area contributed by atoms with Crippen LogP contribution in [0.5, 0.6) is 5.75 Å². The van der Waals surface area contributed by atoms with Crippen molar-refractivity contribution in [1.29, 1.82) is 0 Å². The predicted octanol–water partition coefficient (Wildman–Crippen LogP) is 2.34. The van der Waals surface area contributed by atoms with E-state index in [-0.39, 0.29) is 11.8 Å². The topological polar surface area (TPSA) is 73.6 Å². The van der Waals surface area contributed by atoms with Gasteiger partial charge < -0.3 is 14.6 Å². The number of hydrogen-bond donors (Lipinski definition) is 1. The summed E-state index contributed by atoms with van der Waals surface area (Å²) in [6.45, 7) is 1.37. The minimum Gasteiger partial charge on any atom is -0.487 e. The van der Waals surface area contributed by atoms with Gasteiger partial charge in [0.1, 0.15) is 11.9 Å². The predicted molar refractivity (Wildman–Crippen MR) is 80.1 cm³/mol. The van der Waals surface area contributed by atoms with Crippen molar-refractivity contribution in [2.45, 2.75) is 18.9 Å². The monoisotopic (exact) mass is 302 g/mol. The summed E-state index contributed by atoms with van der Waals surface area (Å²) in [7, 11) is 1.72. The highest BCUT2D eigenvalue weighted by Gasteiger charge is 2.19. The maximum absolute atomic E-state index is 11.1. The van der Waals surface area contributed by atoms with Crippen LogP contribution in [0.15, 0.2) is 30.3 Å². The lowest BCUT2D eigenvalue weighted by atomic mass is 10.1. The number of carbonyl (C=O) groups is 1. The quantitative estimate of drug-likeness (QED) is 0.938. The zero-order valence-electron chi connectivity index (χ0n) is 12.4. The number of para-hydroxylation sites is 1. The van der Waals surface area contributed by atoms with Gasteiger partial charge in [-0.1, -0.05) is 12.1 Å². The van der Waals surface area contributed by atoms with Crippen molar-refractivity contribution in [3.05, 3.63) is 36.0 Å². The second-order valence-electron chi connectivity index (χ2n) is 5.30. The highest BCUT2D eigenvalue weighted by atomic mass is 16.5. The molecule has 22 heavy (non-hydrogen) atoms. The highest BCUT2D eigenvalue weighted by Crippen LogP contribution is 2.31. The van der Waals surface area contributed by atoms with Crippen molar-refractivity contribution >= 4 is 5.97 Å². The lowest BCUT2D eigenvalue weighted by Gasteiger charge is -2.24. The van der Waals surface area contributed by atoms with Crippen LogP contribution in [0.2, 0.25) is 0 Å². The molecule has 1 unspecified atom stereocenters. The average molecular weight is 302 g/mol. The minimum absolute atomic E-state index is 0.0216. The van der Waals surface area contributed by atoms with Crippen LogP contribution in [0.1, 0.15) is 23.3 Å². The van der Waals surface area contributed by atoms with Gasteiger partial charge in [0.05, 0.1) is 12.3 Å². The molecule has 2 aromatic rings. The van der Waals surface area contributed by atoms with Crippen LogP contribution in [-0.2, 0) is 11.8 Å². The van der Waals surface area contributed by atoms with Gasteiger partial charge in [-0.15, -0.1) is 0 Å². The van der Waals surface area contributed by atoms with Crippen LogP contribution >= 0.6 is 0 Å². The molecule has 1 atom stereocenters. The third-order valence-electron chi connectivity index (χ3n) is 3.67. The molecule has 1 aromatic carbocycles. The molecule has 6 heteroatoms. The summed E-state index contributed by atoms with van der Waals surface area (Å²) in [5.41, 5.74) is 1.56. The van der Waals surface area contributed by atoms with Gasteiger partial charge in [-0.2, -0.15) is 5.10 Å². The molecule has 3 rings (SSSR count). The van der Waals surface area contributed by atoms with Crippen molar-refractivity contribution in [3.8, 4) is 17.0 Å². The number of nitrogens with zero attached hydrogens (tertiary/aromatic N) is 2. The van der Waals surface area contributed by atoms with E-state index in [1.807, 2.05) is 24.3 Å². The molecule has 1 aliphatic rings. The standard InChI is InChI=1S/C16H18N2O4/c1-18-14(9-13(17-18)16(19)20)12-6-2-3-7-15(12)22-11-5-4-8-21-10-11/h2-3,6-7,9,11H,4-5,8,10H2,1H3,(H,19,20). The molecule has 0 radical (unpaired) electrons. The number of benzene rings is 1. The van der Waals surface area contributed by atoms with E-state index in [0.717, 1.165) is 30.8 Å². The first-order chi connectivity index (χ1) is 10.6. The number of aryl methyl sites for hydroxylation is 1. The average Bonchev–Trinajstić information content (AvgIpc) is 2.91. The van der Waals surface area contributed by atoms with Crippen molar-refractivity contribution in [2.75, 3.05) is 13.2 Å². The Bertz CT molecular complexity index is 675. The summed E-state index contributed by atoms with van der Waals surface area (Å²) < 4.78 is 13.0. The van der Waals surface area contributed by atoms with E-state index >= 15 is 0 Å². The second kappa shape index (κ2) is 6.19. The van der Waals surface area contributed by atoms with E-state index in [2.05, 4.69) is 5.10 Å². The summed E-state index contributed by atoms with van der Waals surface area (Å²) in [4.78, 5) is 11.1. The van der Waals surface area contributed by atoms with E-state index in [0.29, 0.717) is 12.3 Å². The van der Waals surface area contributed by atoms with Crippen molar-refractivity contribution in [3.63, 3.8) is 0 Å². The Hall–Kier alpha value is -2.34. The molecule has 116 valence electrons. The van der Waals surface area contributed by atoms with E-state index in [1.54, 1.807) is 17.8 Å². The van der Waals surface area contributed by atoms with Gasteiger partial charge in [-0.05, 0) is 31.0 Å². The minimum atomic E-state index is -1.04. The molecule has 0 aliphatic carbocycles. The zero-order chi connectivity index (χ0) is 15.5. The number of carboxylic acids is 1. The molecule has 0 bridgehead atoms. The van der Waals surface area contributed by atoms with E-state index in [9.17, 15) is 4.79 Å². The van der Waals surface area contributed by atoms with Crippen LogP contribution in [-0.4, -0.2) is 40.2 Å². The summed E-state index contributed by atoms with van der Waals surface area (Å²) >= 11 is 0. The SMILES string of the molecule is Cn1nc(C(=O)O)cc1-c1ccccc1OC1CCCOC1. The van der Waals surface area contributed by atoms with E-state index < -0.39 is 5.97 Å². The fourth-order valence-electron chi connectivity index (χ4n) is 2.59. The van der Waals surface area contributed by atoms with Crippen molar-refractivity contribution in [2.24, 2.45) is 7.05 Å². The zero-order valence-corrected chi connectivity index (χ0v) is 12.4. The lowest BCUT2D eigenvalue weighted by molar-refractivity contribution is 0.00766. The highest BCUT2D eigenvalue weighted by molar-refractivity contribution is 5.87. The Morgan fingerprint density at radius 1 is 1.45 bits per heavy atom. The molecule has 0 spiro atoms. The molecule has 2 heterocycles. The normalized spacial score (nSPS) is 18.1. The van der Waals surface area contributed by atoms with Gasteiger partial charge >= 0.3 is 5.97 Å². The molecule has 1 saturated heterocycles. The van der Waals surface area contributed by atoms with Gasteiger partial charge in [-0.25, -0.2) is 4.79 Å². The number of carboxylic acid groups (broad SMARTS) is 1. The Labute approximate surface area is 128 Å². The van der Waals surface area contributed by atoms with Gasteiger partial charge in [-0.3, -0.25) is 4.68 Å². The molecule has 1 aromatic heterocycles. The second-order valence-corrected chi connectivity index (χ2v) is 5.30. The Morgan fingerprint density at radius 3 is 2.95 bits per heavy atom. The molecule has 1 N–H and O–H groups in total. The maximum atomic E-state index is 11.1. The first kappa shape index (κ1) is 14.6. The molecule has 1 fully saturated rings. The summed E-state index contributed by atoms with van der Waals surface area (Å²) in [5, 5.41) is 13.1. The smallest absolute Gasteiger partial charge is 0.356 e. The van der Waals surface area contributed by atoms with E-state index in [4.69, 9.17) is 14.6 Å². The van der Waals surface area contributed by atoms with Gasteiger partial charge in [0.25, 0.3) is 0 Å². The van der Waals surface area contributed by atoms with Crippen LogP contribution in [0.25, 0.3) is 11.3 Å². The maximum Gasteiger partial charge on any atom is 0.356 e. The Morgan fingerprint density at radius 2 is 2.27 bits per heavy atom. The molecular weight excluding hydrogens is 284 g/mol. The first-order valence-corrected chi connectivity index (χ1v) is 7.26. The molecule has 1 aliphatic heterocycles. The number of rotatable bonds is 4. The summed E-state index contributed by atoms with van der Waals surface area (Å²) in [6.07, 6.45) is 1.98. The molecule has 0 amide bonds. The number of aromatic nitrogens is 2. The number of ether oxygens (including phenoxy) is 2. The van der Waals surface area contributed by atoms with Crippen LogP contribution in [0.3, 0.4) is 0 Å². The van der Waals surface area contributed by atoms with Crippen LogP contribution in [0, 0.1) is 0 Å². The van der Waals surface area contributed by atoms with Gasteiger partial charge in [0.2, 0.25) is 0 Å². The fraction of sp³-hybridized carbons (Fsp3) is 0.375. The van der Waals surface area contributed by atoms with Gasteiger partial charge in [0.15, 0.2) is 5.69 Å². The first-order valence-electron chi connectivity index (χ1n) is 7.26. The molecule has 6 nitrogen and oxygen atoms in total. The Kier molecular flexibility index (Phi) is 4.11. The third-order valence-corrected chi connectivity index (χ3v) is 3.67. The van der Waals surface area contributed by atoms with Crippen LogP contribution < -0.4 is 4.74 Å². The number of aromatic carboxylic acids is 1.